The first kappa shape index (κ1) is 31.7. The van der Waals surface area contributed by atoms with Gasteiger partial charge < -0.3 is 45.1 Å². The van der Waals surface area contributed by atoms with Crippen LogP contribution in [-0.2, 0) is 33.7 Å². The van der Waals surface area contributed by atoms with Gasteiger partial charge in [-0.1, -0.05) is 24.3 Å². The Morgan fingerprint density at radius 2 is 1.80 bits per heavy atom. The molecule has 3 heterocycles. The number of aliphatic hydroxyl groups excluding tert-OH is 5. The van der Waals surface area contributed by atoms with Crippen LogP contribution in [0.25, 0.3) is 0 Å². The maximum absolute atomic E-state index is 12.7. The molecule has 2 saturated heterocycles. The highest BCUT2D eigenvalue weighted by Crippen LogP contribution is 2.45. The zero-order chi connectivity index (χ0) is 29.9. The second-order valence-electron chi connectivity index (χ2n) is 11.6. The Morgan fingerprint density at radius 3 is 2.51 bits per heavy atom. The lowest BCUT2D eigenvalue weighted by atomic mass is 9.95. The molecular formula is C27H42N4O9Si. The van der Waals surface area contributed by atoms with Crippen LogP contribution in [0.2, 0.25) is 18.6 Å². The predicted molar refractivity (Wildman–Crippen MR) is 149 cm³/mol. The molecule has 1 aromatic carbocycles. The molecule has 1 amide bonds. The third-order valence-corrected chi connectivity index (χ3v) is 10.6. The predicted octanol–water partition coefficient (Wildman–Crippen LogP) is -0.455. The van der Waals surface area contributed by atoms with Crippen molar-refractivity contribution in [3.05, 3.63) is 41.7 Å². The molecule has 0 spiro atoms. The van der Waals surface area contributed by atoms with E-state index in [1.807, 2.05) is 25.4 Å². The van der Waals surface area contributed by atoms with Gasteiger partial charge in [0.05, 0.1) is 17.9 Å². The van der Waals surface area contributed by atoms with Crippen LogP contribution in [-0.4, -0.2) is 109 Å². The van der Waals surface area contributed by atoms with Gasteiger partial charge in [0, 0.05) is 37.0 Å². The molecular weight excluding hydrogens is 552 g/mol. The number of benzene rings is 1. The number of anilines is 1. The second kappa shape index (κ2) is 13.4. The minimum absolute atomic E-state index is 0.0165. The molecule has 1 aromatic heterocycles. The number of carbonyl (C=O) groups excluding carboxylic acids is 1. The molecule has 0 bridgehead atoms. The number of nitrogens with one attached hydrogen (secondary N) is 1. The fourth-order valence-corrected chi connectivity index (χ4v) is 8.68. The van der Waals surface area contributed by atoms with Crippen LogP contribution in [0.3, 0.4) is 0 Å². The van der Waals surface area contributed by atoms with Gasteiger partial charge in [-0.2, -0.15) is 0 Å². The molecule has 0 saturated carbocycles. The Hall–Kier alpha value is -2.27. The summed E-state index contributed by atoms with van der Waals surface area (Å²) < 4.78 is 13.3. The molecule has 13 nitrogen and oxygen atoms in total. The van der Waals surface area contributed by atoms with Crippen molar-refractivity contribution >= 4 is 19.9 Å². The molecule has 2 aliphatic heterocycles. The number of rotatable bonds is 11. The molecule has 7 N–H and O–H groups in total. The number of ether oxygens (including phenoxy) is 2. The summed E-state index contributed by atoms with van der Waals surface area (Å²) in [6.07, 6.45) is -4.37. The highest BCUT2D eigenvalue weighted by molar-refractivity contribution is 6.71. The van der Waals surface area contributed by atoms with Crippen molar-refractivity contribution in [2.24, 2.45) is 5.92 Å². The van der Waals surface area contributed by atoms with Crippen molar-refractivity contribution in [3.63, 3.8) is 0 Å². The van der Waals surface area contributed by atoms with E-state index in [2.05, 4.69) is 22.6 Å². The number of nitrogens with zero attached hydrogens (tertiary/aromatic N) is 3. The molecule has 2 fully saturated rings. The van der Waals surface area contributed by atoms with Crippen LogP contribution in [0.4, 0.5) is 5.69 Å². The first-order valence-corrected chi connectivity index (χ1v) is 17.1. The summed E-state index contributed by atoms with van der Waals surface area (Å²) in [6.45, 7) is 6.63. The third kappa shape index (κ3) is 7.58. The van der Waals surface area contributed by atoms with Crippen molar-refractivity contribution in [1.29, 1.82) is 0 Å². The van der Waals surface area contributed by atoms with E-state index in [1.165, 1.54) is 0 Å². The minimum atomic E-state index is -2.54. The average molecular weight is 595 g/mol. The van der Waals surface area contributed by atoms with Crippen molar-refractivity contribution in [3.8, 4) is 0 Å². The fraction of sp³-hybridized carbons (Fsp3) is 0.667. The van der Waals surface area contributed by atoms with E-state index in [1.54, 1.807) is 22.9 Å². The summed E-state index contributed by atoms with van der Waals surface area (Å²) in [7, 11) is -2.54. The van der Waals surface area contributed by atoms with E-state index in [0.29, 0.717) is 37.9 Å². The van der Waals surface area contributed by atoms with Gasteiger partial charge in [-0.05, 0) is 56.0 Å². The summed E-state index contributed by atoms with van der Waals surface area (Å²) in [5.74, 6) is -0.613. The van der Waals surface area contributed by atoms with E-state index >= 15 is 0 Å². The first-order valence-electron chi connectivity index (χ1n) is 14.0. The molecule has 228 valence electrons. The molecule has 2 aliphatic rings. The molecule has 4 rings (SSSR count). The van der Waals surface area contributed by atoms with Crippen molar-refractivity contribution in [1.82, 2.24) is 15.0 Å². The number of aromatic nitrogens is 3. The van der Waals surface area contributed by atoms with Crippen LogP contribution in [0.15, 0.2) is 30.5 Å². The van der Waals surface area contributed by atoms with Crippen LogP contribution >= 0.6 is 0 Å². The zero-order valence-corrected chi connectivity index (χ0v) is 24.6. The molecule has 2 aromatic rings. The number of hydrogen-bond acceptors (Lipinski definition) is 11. The van der Waals surface area contributed by atoms with Gasteiger partial charge in [0.1, 0.15) is 18.3 Å². The molecule has 0 aliphatic carbocycles. The summed E-state index contributed by atoms with van der Waals surface area (Å²) >= 11 is 0. The van der Waals surface area contributed by atoms with Gasteiger partial charge >= 0.3 is 0 Å². The maximum atomic E-state index is 12.7. The normalized spacial score (nSPS) is 32.3. The van der Waals surface area contributed by atoms with Gasteiger partial charge in [-0.15, -0.1) is 5.10 Å². The van der Waals surface area contributed by atoms with Crippen LogP contribution < -0.4 is 5.32 Å². The molecule has 41 heavy (non-hydrogen) atoms. The lowest BCUT2D eigenvalue weighted by molar-refractivity contribution is -0.274. The molecule has 0 unspecified atom stereocenters. The molecule has 14 heteroatoms. The Labute approximate surface area is 239 Å². The average Bonchev–Trinajstić information content (AvgIpc) is 3.50. The smallest absolute Gasteiger partial charge is 0.256 e. The Bertz CT molecular complexity index is 1160. The summed E-state index contributed by atoms with van der Waals surface area (Å²) in [5, 5.41) is 59.3. The number of carbonyl (C=O) groups is 1. The summed E-state index contributed by atoms with van der Waals surface area (Å²) in [6, 6.07) is 7.19. The Balaban J connectivity index is 1.35. The maximum Gasteiger partial charge on any atom is 0.256 e. The van der Waals surface area contributed by atoms with Crippen molar-refractivity contribution in [2.75, 3.05) is 11.9 Å². The van der Waals surface area contributed by atoms with Gasteiger partial charge in [-0.3, -0.25) is 9.48 Å². The van der Waals surface area contributed by atoms with Crippen LogP contribution in [0.5, 0.6) is 0 Å². The Kier molecular flexibility index (Phi) is 10.3. The van der Waals surface area contributed by atoms with Crippen molar-refractivity contribution < 1.29 is 44.6 Å². The van der Waals surface area contributed by atoms with Gasteiger partial charge in [-0.25, -0.2) is 0 Å². The number of amides is 1. The van der Waals surface area contributed by atoms with Crippen LogP contribution in [0.1, 0.15) is 31.0 Å². The zero-order valence-electron chi connectivity index (χ0n) is 23.6. The quantitative estimate of drug-likeness (QED) is 0.166. The fourth-order valence-electron chi connectivity index (χ4n) is 6.02. The largest absolute Gasteiger partial charge is 0.432 e. The van der Waals surface area contributed by atoms with Crippen LogP contribution in [0, 0.1) is 5.92 Å². The summed E-state index contributed by atoms with van der Waals surface area (Å²) in [4.78, 5) is 23.8. The molecule has 0 radical (unpaired) electrons. The number of aliphatic hydroxyl groups is 5. The van der Waals surface area contributed by atoms with Gasteiger partial charge in [0.15, 0.2) is 20.7 Å². The highest BCUT2D eigenvalue weighted by atomic mass is 28.4. The monoisotopic (exact) mass is 594 g/mol. The lowest BCUT2D eigenvalue weighted by Gasteiger charge is -2.37. The van der Waals surface area contributed by atoms with Gasteiger partial charge in [0.25, 0.3) is 5.91 Å². The first-order chi connectivity index (χ1) is 19.4. The van der Waals surface area contributed by atoms with E-state index < -0.39 is 44.9 Å². The lowest BCUT2D eigenvalue weighted by Crippen LogP contribution is -2.60. The number of aryl methyl sites for hydroxylation is 2. The van der Waals surface area contributed by atoms with E-state index in [-0.39, 0.29) is 30.3 Å². The van der Waals surface area contributed by atoms with E-state index in [4.69, 9.17) is 14.6 Å². The second-order valence-corrected chi connectivity index (χ2v) is 15.6. The van der Waals surface area contributed by atoms with Gasteiger partial charge in [0.2, 0.25) is 0 Å². The van der Waals surface area contributed by atoms with E-state index in [0.717, 1.165) is 11.3 Å². The summed E-state index contributed by atoms with van der Waals surface area (Å²) in [5.41, 5.74) is 2.17. The topological polar surface area (TPSA) is 200 Å². The number of hydrogen-bond donors (Lipinski definition) is 7. The van der Waals surface area contributed by atoms with E-state index in [9.17, 15) is 30.0 Å². The highest BCUT2D eigenvalue weighted by Gasteiger charge is 2.49. The molecule has 9 atom stereocenters. The Morgan fingerprint density at radius 1 is 1.05 bits per heavy atom. The third-order valence-electron chi connectivity index (χ3n) is 8.07. The standard InChI is InChI=1S/C27H42N4O9Si/c1-15-19(39-20(25(15)41(2,3)38)9-11-31-14-18(10-12-32)29-30-31)8-7-16-5-4-6-17(13-16)28-26(36)24-22(34)21(33)23(35)27(37)40-24/h4-6,13-15,19-25,27,32-35,37-38H,7-12H2,1-3H3,(H,28,36)/t15-,19+,20-,21+,22+,23-,24+,25+,27-/m1/s1. The minimum Gasteiger partial charge on any atom is -0.432 e. The van der Waals surface area contributed by atoms with Crippen molar-refractivity contribution in [2.45, 2.75) is 101 Å². The SMILES string of the molecule is C[C@H]1[C@H]([Si](C)(C)O)[C@@H](CCn2cc(CCO)nn2)O[C@H]1CCc1cccc(NC(=O)[C@H]2O[C@@H](O)[C@H](O)[C@@H](O)[C@@H]2O)c1.